The van der Waals surface area contributed by atoms with Crippen LogP contribution >= 0.6 is 24.0 Å². The monoisotopic (exact) mass is 469 g/mol. The molecule has 8 nitrogen and oxygen atoms in total. The van der Waals surface area contributed by atoms with Crippen LogP contribution in [0.2, 0.25) is 5.02 Å². The van der Waals surface area contributed by atoms with Gasteiger partial charge in [0.1, 0.15) is 24.2 Å². The minimum absolute atomic E-state index is 0. The summed E-state index contributed by atoms with van der Waals surface area (Å²) in [6.07, 6.45) is 1.20. The predicted octanol–water partition coefficient (Wildman–Crippen LogP) is 2.70. The van der Waals surface area contributed by atoms with Gasteiger partial charge in [0.2, 0.25) is 0 Å². The molecule has 1 saturated heterocycles. The van der Waals surface area contributed by atoms with Crippen molar-refractivity contribution in [3.8, 4) is 6.07 Å². The summed E-state index contributed by atoms with van der Waals surface area (Å²) < 4.78 is 40.5. The molecule has 12 heteroatoms. The van der Waals surface area contributed by atoms with Gasteiger partial charge in [-0.05, 0) is 24.3 Å². The molecule has 2 aromatic rings. The first kappa shape index (κ1) is 22.7. The zero-order chi connectivity index (χ0) is 21.5. The number of carbonyl (C=O) groups excluding carboxylic acids is 1. The summed E-state index contributed by atoms with van der Waals surface area (Å²) in [6.45, 7) is -1.03. The number of fused-ring (bicyclic) bond motifs is 1. The van der Waals surface area contributed by atoms with Crippen molar-refractivity contribution in [2.75, 3.05) is 25.1 Å². The Morgan fingerprint density at radius 2 is 2.10 bits per heavy atom. The van der Waals surface area contributed by atoms with Crippen LogP contribution in [0.4, 0.5) is 14.5 Å². The molecule has 0 bridgehead atoms. The van der Waals surface area contributed by atoms with Crippen molar-refractivity contribution in [2.45, 2.75) is 11.2 Å². The fraction of sp³-hybridized carbons (Fsp3) is 0.263. The number of alkyl halides is 1. The number of amidine groups is 1. The van der Waals surface area contributed by atoms with Crippen molar-refractivity contribution in [1.82, 2.24) is 4.98 Å². The van der Waals surface area contributed by atoms with Gasteiger partial charge in [0.25, 0.3) is 11.9 Å². The Balaban J connectivity index is 0.00000272. The van der Waals surface area contributed by atoms with Crippen LogP contribution in [0.5, 0.6) is 0 Å². The van der Waals surface area contributed by atoms with Gasteiger partial charge in [0.15, 0.2) is 11.2 Å². The quantitative estimate of drug-likeness (QED) is 0.712. The lowest BCUT2D eigenvalue weighted by Crippen LogP contribution is -2.55. The maximum Gasteiger partial charge on any atom is 0.283 e. The van der Waals surface area contributed by atoms with Gasteiger partial charge in [-0.25, -0.2) is 18.8 Å². The number of halogens is 4. The third kappa shape index (κ3) is 3.76. The van der Waals surface area contributed by atoms with Gasteiger partial charge in [-0.2, -0.15) is 5.26 Å². The molecule has 1 fully saturated rings. The average Bonchev–Trinajstić information content (AvgIpc) is 3.06. The van der Waals surface area contributed by atoms with E-state index < -0.39 is 29.5 Å². The lowest BCUT2D eigenvalue weighted by Gasteiger charge is -2.38. The number of pyridine rings is 1. The van der Waals surface area contributed by atoms with Crippen LogP contribution in [-0.2, 0) is 15.0 Å². The molecule has 31 heavy (non-hydrogen) atoms. The maximum absolute atomic E-state index is 15.5. The first-order valence-corrected chi connectivity index (χ1v) is 9.08. The molecule has 1 aromatic carbocycles. The van der Waals surface area contributed by atoms with Gasteiger partial charge < -0.3 is 20.5 Å². The number of nitrogens with two attached hydrogens (primary N) is 1. The van der Waals surface area contributed by atoms with Crippen LogP contribution in [0.25, 0.3) is 0 Å². The molecule has 3 N–H and O–H groups in total. The first-order valence-electron chi connectivity index (χ1n) is 8.70. The molecule has 0 radical (unpaired) electrons. The number of hydrogen-bond acceptors (Lipinski definition) is 7. The number of carbonyl (C=O) groups is 1. The van der Waals surface area contributed by atoms with E-state index in [2.05, 4.69) is 15.3 Å². The third-order valence-corrected chi connectivity index (χ3v) is 5.28. The Labute approximate surface area is 186 Å². The minimum Gasteiger partial charge on any atom is -0.462 e. The van der Waals surface area contributed by atoms with Crippen LogP contribution in [-0.4, -0.2) is 42.4 Å². The van der Waals surface area contributed by atoms with Crippen molar-refractivity contribution in [2.24, 2.45) is 10.7 Å². The molecular formula is C19H15Cl2F2N5O3. The van der Waals surface area contributed by atoms with E-state index in [-0.39, 0.29) is 59.2 Å². The van der Waals surface area contributed by atoms with Crippen molar-refractivity contribution in [3.05, 3.63) is 58.1 Å². The van der Waals surface area contributed by atoms with E-state index in [1.165, 1.54) is 24.4 Å². The normalized spacial score (nSPS) is 24.1. The van der Waals surface area contributed by atoms with Crippen LogP contribution in [0, 0.1) is 17.1 Å². The molecule has 2 atom stereocenters. The van der Waals surface area contributed by atoms with E-state index in [4.69, 9.17) is 32.1 Å². The average molecular weight is 470 g/mol. The Bertz CT molecular complexity index is 1130. The van der Waals surface area contributed by atoms with Crippen molar-refractivity contribution in [3.63, 3.8) is 0 Å². The molecule has 1 aromatic heterocycles. The number of aliphatic imine (C=N–C) groups is 1. The Morgan fingerprint density at radius 1 is 1.32 bits per heavy atom. The van der Waals surface area contributed by atoms with E-state index in [1.54, 1.807) is 0 Å². The number of amides is 1. The molecule has 2 aliphatic heterocycles. The van der Waals surface area contributed by atoms with Crippen molar-refractivity contribution >= 4 is 41.6 Å². The van der Waals surface area contributed by atoms with E-state index in [0.29, 0.717) is 0 Å². The Morgan fingerprint density at radius 3 is 2.81 bits per heavy atom. The molecule has 162 valence electrons. The highest BCUT2D eigenvalue weighted by atomic mass is 35.5. The highest BCUT2D eigenvalue weighted by Crippen LogP contribution is 2.48. The van der Waals surface area contributed by atoms with Gasteiger partial charge in [0, 0.05) is 17.4 Å². The summed E-state index contributed by atoms with van der Waals surface area (Å²) in [4.78, 5) is 20.5. The molecule has 2 unspecified atom stereocenters. The van der Waals surface area contributed by atoms with E-state index >= 15 is 4.39 Å². The van der Waals surface area contributed by atoms with Crippen molar-refractivity contribution < 1.29 is 23.0 Å². The topological polar surface area (TPSA) is 123 Å². The molecule has 4 rings (SSSR count). The SMILES string of the molecule is Cl.N#Cc1cnc(C(=O)Nc2ccc(F)c(C34COCC3(F)COC(N)=N4)c2)c(Cl)c1. The number of nitrogens with zero attached hydrogens (tertiary/aromatic N) is 3. The van der Waals surface area contributed by atoms with Gasteiger partial charge in [-0.15, -0.1) is 12.4 Å². The number of anilines is 1. The van der Waals surface area contributed by atoms with Crippen molar-refractivity contribution in [1.29, 1.82) is 5.26 Å². The van der Waals surface area contributed by atoms with E-state index in [0.717, 1.165) is 6.07 Å². The van der Waals surface area contributed by atoms with Crippen LogP contribution in [0.15, 0.2) is 35.5 Å². The minimum atomic E-state index is -2.13. The predicted molar refractivity (Wildman–Crippen MR) is 109 cm³/mol. The molecule has 3 heterocycles. The summed E-state index contributed by atoms with van der Waals surface area (Å²) in [5, 5.41) is 11.4. The molecule has 1 amide bonds. The Hall–Kier alpha value is -3.00. The second-order valence-corrected chi connectivity index (χ2v) is 7.28. The summed E-state index contributed by atoms with van der Waals surface area (Å²) in [7, 11) is 0. The van der Waals surface area contributed by atoms with Gasteiger partial charge >= 0.3 is 0 Å². The number of rotatable bonds is 3. The highest BCUT2D eigenvalue weighted by molar-refractivity contribution is 6.34. The van der Waals surface area contributed by atoms with Crippen LogP contribution < -0.4 is 11.1 Å². The van der Waals surface area contributed by atoms with Gasteiger partial charge in [0.05, 0.1) is 23.8 Å². The van der Waals surface area contributed by atoms with Crippen LogP contribution in [0.1, 0.15) is 21.6 Å². The Kier molecular flexibility index (Phi) is 6.04. The van der Waals surface area contributed by atoms with E-state index in [9.17, 15) is 9.18 Å². The number of hydrogen-bond donors (Lipinski definition) is 2. The lowest BCUT2D eigenvalue weighted by atomic mass is 9.78. The zero-order valence-corrected chi connectivity index (χ0v) is 17.3. The maximum atomic E-state index is 15.5. The van der Waals surface area contributed by atoms with Crippen LogP contribution in [0.3, 0.4) is 0 Å². The van der Waals surface area contributed by atoms with Gasteiger partial charge in [-0.1, -0.05) is 11.6 Å². The molecule has 0 saturated carbocycles. The number of benzene rings is 1. The molecular weight excluding hydrogens is 455 g/mol. The summed E-state index contributed by atoms with van der Waals surface area (Å²) in [5.74, 6) is -1.43. The summed E-state index contributed by atoms with van der Waals surface area (Å²) in [6, 6.07) is 6.51. The smallest absolute Gasteiger partial charge is 0.283 e. The first-order chi connectivity index (χ1) is 14.3. The van der Waals surface area contributed by atoms with Gasteiger partial charge in [-0.3, -0.25) is 4.79 Å². The molecule has 0 spiro atoms. The summed E-state index contributed by atoms with van der Waals surface area (Å²) >= 11 is 6.01. The fourth-order valence-corrected chi connectivity index (χ4v) is 3.72. The highest BCUT2D eigenvalue weighted by Gasteiger charge is 2.62. The third-order valence-electron chi connectivity index (χ3n) is 4.99. The summed E-state index contributed by atoms with van der Waals surface area (Å²) in [5.41, 5.74) is 1.84. The molecule has 0 aliphatic carbocycles. The number of nitriles is 1. The number of ether oxygens (including phenoxy) is 2. The largest absolute Gasteiger partial charge is 0.462 e. The lowest BCUT2D eigenvalue weighted by molar-refractivity contribution is 0.00905. The second kappa shape index (κ2) is 8.26. The second-order valence-electron chi connectivity index (χ2n) is 6.87. The number of aromatic nitrogens is 1. The fourth-order valence-electron chi connectivity index (χ4n) is 3.47. The standard InChI is InChI=1S/C19H14ClF2N5O3.ClH/c20-13-3-10(5-23)6-25-15(13)16(28)26-11-1-2-14(21)12(4-11)19-9-29-7-18(19,22)8-30-17(24)27-19;/h1-4,6H,7-9H2,(H2,24,27)(H,26,28);1H. The molecule has 2 aliphatic rings. The zero-order valence-electron chi connectivity index (χ0n) is 15.7. The van der Waals surface area contributed by atoms with E-state index in [1.807, 2.05) is 6.07 Å². The number of nitrogens with one attached hydrogen (secondary N) is 1.